The van der Waals surface area contributed by atoms with Crippen LogP contribution in [-0.2, 0) is 17.3 Å². The zero-order valence-electron chi connectivity index (χ0n) is 13.5. The van der Waals surface area contributed by atoms with E-state index in [2.05, 4.69) is 10.4 Å². The maximum Gasteiger partial charge on any atom is 0.315 e. The molecule has 1 atom stereocenters. The van der Waals surface area contributed by atoms with Crippen LogP contribution < -0.4 is 5.32 Å². The van der Waals surface area contributed by atoms with E-state index in [-0.39, 0.29) is 18.1 Å². The molecule has 2 N–H and O–H groups in total. The highest BCUT2D eigenvalue weighted by molar-refractivity contribution is 5.93. The van der Waals surface area contributed by atoms with E-state index in [0.717, 1.165) is 5.69 Å². The Morgan fingerprint density at radius 1 is 1.30 bits per heavy atom. The molecule has 6 nitrogen and oxygen atoms in total. The lowest BCUT2D eigenvalue weighted by atomic mass is 9.78. The van der Waals surface area contributed by atoms with Crippen molar-refractivity contribution < 1.29 is 14.7 Å². The number of hydrogen-bond acceptors (Lipinski definition) is 3. The number of carboxylic acids is 1. The monoisotopic (exact) mass is 315 g/mol. The smallest absolute Gasteiger partial charge is 0.315 e. The van der Waals surface area contributed by atoms with Gasteiger partial charge in [-0.05, 0) is 25.0 Å². The number of aliphatic carboxylic acids is 1. The molecule has 1 aromatic carbocycles. The fourth-order valence-corrected chi connectivity index (χ4v) is 2.53. The van der Waals surface area contributed by atoms with Crippen molar-refractivity contribution in [2.75, 3.05) is 6.54 Å². The molecule has 0 aliphatic rings. The summed E-state index contributed by atoms with van der Waals surface area (Å²) in [6.07, 6.45) is 0.369. The number of aromatic nitrogens is 2. The van der Waals surface area contributed by atoms with Crippen LogP contribution in [0.25, 0.3) is 0 Å². The van der Waals surface area contributed by atoms with Gasteiger partial charge in [-0.2, -0.15) is 5.10 Å². The first-order chi connectivity index (χ1) is 10.9. The first-order valence-corrected chi connectivity index (χ1v) is 7.48. The molecule has 0 saturated carbocycles. The third-order valence-electron chi connectivity index (χ3n) is 4.24. The number of carboxylic acid groups (broad SMARTS) is 1. The summed E-state index contributed by atoms with van der Waals surface area (Å²) in [4.78, 5) is 24.1. The van der Waals surface area contributed by atoms with Crippen molar-refractivity contribution in [3.8, 4) is 0 Å². The van der Waals surface area contributed by atoms with E-state index in [0.29, 0.717) is 12.0 Å². The van der Waals surface area contributed by atoms with Crippen LogP contribution in [0.2, 0.25) is 0 Å². The van der Waals surface area contributed by atoms with E-state index in [4.69, 9.17) is 0 Å². The molecule has 1 amide bonds. The maximum atomic E-state index is 12.2. The van der Waals surface area contributed by atoms with E-state index in [1.807, 2.05) is 13.0 Å². The van der Waals surface area contributed by atoms with Crippen LogP contribution in [0, 0.1) is 6.92 Å². The van der Waals surface area contributed by atoms with Gasteiger partial charge in [-0.15, -0.1) is 0 Å². The van der Waals surface area contributed by atoms with Crippen molar-refractivity contribution in [2.45, 2.75) is 25.7 Å². The summed E-state index contributed by atoms with van der Waals surface area (Å²) >= 11 is 0. The van der Waals surface area contributed by atoms with E-state index >= 15 is 0 Å². The third kappa shape index (κ3) is 3.26. The summed E-state index contributed by atoms with van der Waals surface area (Å²) in [7, 11) is 1.75. The number of hydrogen-bond donors (Lipinski definition) is 2. The number of carbonyl (C=O) groups excluding carboxylic acids is 1. The maximum absolute atomic E-state index is 12.2. The Morgan fingerprint density at radius 2 is 1.96 bits per heavy atom. The van der Waals surface area contributed by atoms with Gasteiger partial charge in [0.25, 0.3) is 5.91 Å². The average Bonchev–Trinajstić information content (AvgIpc) is 2.88. The molecule has 1 aromatic heterocycles. The Bertz CT molecular complexity index is 690. The topological polar surface area (TPSA) is 84.2 Å². The van der Waals surface area contributed by atoms with Crippen molar-refractivity contribution >= 4 is 11.9 Å². The number of amides is 1. The molecule has 0 spiro atoms. The molecule has 6 heteroatoms. The highest BCUT2D eigenvalue weighted by Crippen LogP contribution is 2.28. The number of nitrogens with zero attached hydrogens (tertiary/aromatic N) is 2. The lowest BCUT2D eigenvalue weighted by molar-refractivity contribution is -0.143. The van der Waals surface area contributed by atoms with Crippen LogP contribution in [0.1, 0.15) is 35.1 Å². The molecule has 0 fully saturated rings. The molecule has 0 bridgehead atoms. The molecule has 2 rings (SSSR count). The number of benzene rings is 1. The summed E-state index contributed by atoms with van der Waals surface area (Å²) in [5.41, 5.74) is 0.667. The molecule has 2 aromatic rings. The van der Waals surface area contributed by atoms with E-state index in [1.165, 1.54) is 0 Å². The zero-order valence-corrected chi connectivity index (χ0v) is 13.5. The standard InChI is InChI=1S/C17H21N3O3/c1-4-17(16(22)23,13-8-6-5-7-9-13)11-18-15(21)14-10-12(2)20(3)19-14/h5-10H,4,11H2,1-3H3,(H,18,21)(H,22,23). The van der Waals surface area contributed by atoms with Crippen molar-refractivity contribution in [1.82, 2.24) is 15.1 Å². The SMILES string of the molecule is CCC(CNC(=O)c1cc(C)n(C)n1)(C(=O)O)c1ccccc1. The van der Waals surface area contributed by atoms with Gasteiger partial charge in [-0.1, -0.05) is 37.3 Å². The number of carbonyl (C=O) groups is 2. The number of aryl methyl sites for hydroxylation is 2. The molecule has 122 valence electrons. The van der Waals surface area contributed by atoms with Gasteiger partial charge in [-0.3, -0.25) is 14.3 Å². The fraction of sp³-hybridized carbons (Fsp3) is 0.353. The Hall–Kier alpha value is -2.63. The highest BCUT2D eigenvalue weighted by atomic mass is 16.4. The van der Waals surface area contributed by atoms with Gasteiger partial charge < -0.3 is 10.4 Å². The predicted molar refractivity (Wildman–Crippen MR) is 86.3 cm³/mol. The number of nitrogens with one attached hydrogen (secondary N) is 1. The molecule has 1 heterocycles. The second-order valence-electron chi connectivity index (χ2n) is 5.58. The van der Waals surface area contributed by atoms with Gasteiger partial charge in [0, 0.05) is 19.3 Å². The third-order valence-corrected chi connectivity index (χ3v) is 4.24. The van der Waals surface area contributed by atoms with Crippen LogP contribution in [0.3, 0.4) is 0 Å². The quantitative estimate of drug-likeness (QED) is 0.852. The molecule has 0 aliphatic heterocycles. The first-order valence-electron chi connectivity index (χ1n) is 7.48. The average molecular weight is 315 g/mol. The summed E-state index contributed by atoms with van der Waals surface area (Å²) in [5.74, 6) is -1.33. The van der Waals surface area contributed by atoms with Crippen LogP contribution in [0.5, 0.6) is 0 Å². The fourth-order valence-electron chi connectivity index (χ4n) is 2.53. The van der Waals surface area contributed by atoms with E-state index < -0.39 is 11.4 Å². The van der Waals surface area contributed by atoms with Gasteiger partial charge in [-0.25, -0.2) is 0 Å². The minimum Gasteiger partial charge on any atom is -0.481 e. The van der Waals surface area contributed by atoms with Gasteiger partial charge in [0.05, 0.1) is 0 Å². The van der Waals surface area contributed by atoms with Crippen LogP contribution >= 0.6 is 0 Å². The highest BCUT2D eigenvalue weighted by Gasteiger charge is 2.39. The molecule has 1 unspecified atom stereocenters. The van der Waals surface area contributed by atoms with Crippen molar-refractivity contribution in [1.29, 1.82) is 0 Å². The van der Waals surface area contributed by atoms with Gasteiger partial charge in [0.2, 0.25) is 0 Å². The summed E-state index contributed by atoms with van der Waals surface area (Å²) in [6.45, 7) is 3.66. The Balaban J connectivity index is 2.22. The molecule has 0 aliphatic carbocycles. The van der Waals surface area contributed by atoms with Gasteiger partial charge >= 0.3 is 5.97 Å². The summed E-state index contributed by atoms with van der Waals surface area (Å²) < 4.78 is 1.61. The first kappa shape index (κ1) is 16.7. The van der Waals surface area contributed by atoms with Gasteiger partial charge in [0.1, 0.15) is 11.1 Å². The largest absolute Gasteiger partial charge is 0.481 e. The molecule has 0 radical (unpaired) electrons. The van der Waals surface area contributed by atoms with Crippen molar-refractivity contribution in [2.24, 2.45) is 7.05 Å². The minimum atomic E-state index is -1.15. The van der Waals surface area contributed by atoms with E-state index in [1.54, 1.807) is 49.0 Å². The lowest BCUT2D eigenvalue weighted by Gasteiger charge is -2.28. The Labute approximate surface area is 135 Å². The zero-order chi connectivity index (χ0) is 17.0. The second kappa shape index (κ2) is 6.64. The predicted octanol–water partition coefficient (Wildman–Crippen LogP) is 1.89. The summed E-state index contributed by atoms with van der Waals surface area (Å²) in [6, 6.07) is 10.6. The Morgan fingerprint density at radius 3 is 2.43 bits per heavy atom. The second-order valence-corrected chi connectivity index (χ2v) is 5.58. The molecular weight excluding hydrogens is 294 g/mol. The normalized spacial score (nSPS) is 13.3. The summed E-state index contributed by atoms with van der Waals surface area (Å²) in [5, 5.41) is 16.6. The molecular formula is C17H21N3O3. The van der Waals surface area contributed by atoms with Crippen LogP contribution in [-0.4, -0.2) is 33.3 Å². The Kier molecular flexibility index (Phi) is 4.83. The molecule has 23 heavy (non-hydrogen) atoms. The number of rotatable bonds is 6. The van der Waals surface area contributed by atoms with E-state index in [9.17, 15) is 14.7 Å². The van der Waals surface area contributed by atoms with Crippen LogP contribution in [0.4, 0.5) is 0 Å². The minimum absolute atomic E-state index is 0.0112. The molecule has 0 saturated heterocycles. The van der Waals surface area contributed by atoms with Gasteiger partial charge in [0.15, 0.2) is 0 Å². The van der Waals surface area contributed by atoms with Crippen LogP contribution in [0.15, 0.2) is 36.4 Å². The van der Waals surface area contributed by atoms with Crippen molar-refractivity contribution in [3.05, 3.63) is 53.3 Å². The van der Waals surface area contributed by atoms with Crippen molar-refractivity contribution in [3.63, 3.8) is 0 Å². The lowest BCUT2D eigenvalue weighted by Crippen LogP contribution is -2.46.